The van der Waals surface area contributed by atoms with Gasteiger partial charge in [-0.05, 0) is 6.42 Å². The lowest BCUT2D eigenvalue weighted by Gasteiger charge is -2.05. The van der Waals surface area contributed by atoms with Crippen LogP contribution in [0.2, 0.25) is 0 Å². The van der Waals surface area contributed by atoms with Gasteiger partial charge in [-0.25, -0.2) is 0 Å². The summed E-state index contributed by atoms with van der Waals surface area (Å²) in [5.74, 6) is -0.146. The molecule has 360 valence electrons. The smallest absolute Gasteiger partial charge is 0.217 e. The standard InChI is InChI=1S/C58H117NO/c1-2-3-4-5-6-7-8-9-10-11-12-13-14-15-16-17-18-19-20-21-22-23-24-25-26-27-28-29-30-31-32-33-34-35-36-37-38-39-40-41-42-43-44-45-46-47-48-49-50-51-52-53-54-55-56-57-58(59)60/h2-57H2,1H3,(H2,59,60). The molecule has 60 heavy (non-hydrogen) atoms. The van der Waals surface area contributed by atoms with Crippen LogP contribution in [0, 0.1) is 0 Å². The molecule has 0 aliphatic heterocycles. The minimum Gasteiger partial charge on any atom is -0.370 e. The lowest BCUT2D eigenvalue weighted by molar-refractivity contribution is -0.118. The van der Waals surface area contributed by atoms with Gasteiger partial charge >= 0.3 is 0 Å². The van der Waals surface area contributed by atoms with Crippen molar-refractivity contribution in [2.24, 2.45) is 5.73 Å². The van der Waals surface area contributed by atoms with E-state index in [2.05, 4.69) is 6.92 Å². The molecule has 0 bridgehead atoms. The highest BCUT2D eigenvalue weighted by Crippen LogP contribution is 2.19. The van der Waals surface area contributed by atoms with Crippen LogP contribution in [0.3, 0.4) is 0 Å². The number of nitrogens with two attached hydrogens (primary N) is 1. The second-order valence-corrected chi connectivity index (χ2v) is 20.3. The summed E-state index contributed by atoms with van der Waals surface area (Å²) in [6.45, 7) is 2.31. The Morgan fingerprint density at radius 1 is 0.200 bits per heavy atom. The summed E-state index contributed by atoms with van der Waals surface area (Å²) in [5, 5.41) is 0. The van der Waals surface area contributed by atoms with Crippen molar-refractivity contribution in [3.05, 3.63) is 0 Å². The molecule has 1 amide bonds. The summed E-state index contributed by atoms with van der Waals surface area (Å²) in [5.41, 5.74) is 5.20. The van der Waals surface area contributed by atoms with Crippen LogP contribution >= 0.6 is 0 Å². The summed E-state index contributed by atoms with van der Waals surface area (Å²) >= 11 is 0. The van der Waals surface area contributed by atoms with Gasteiger partial charge in [-0.3, -0.25) is 4.79 Å². The number of hydrogen-bond donors (Lipinski definition) is 1. The molecule has 2 nitrogen and oxygen atoms in total. The molecule has 0 unspecified atom stereocenters. The third-order valence-corrected chi connectivity index (χ3v) is 14.0. The van der Waals surface area contributed by atoms with Crippen LogP contribution in [0.5, 0.6) is 0 Å². The number of carbonyl (C=O) groups excluding carboxylic acids is 1. The molecule has 0 atom stereocenters. The highest BCUT2D eigenvalue weighted by atomic mass is 16.1. The third kappa shape index (κ3) is 57.5. The fourth-order valence-electron chi connectivity index (χ4n) is 9.74. The zero-order chi connectivity index (χ0) is 43.2. The normalized spacial score (nSPS) is 11.6. The third-order valence-electron chi connectivity index (χ3n) is 14.0. The highest BCUT2D eigenvalue weighted by molar-refractivity contribution is 5.73. The Bertz CT molecular complexity index is 749. The first-order valence-corrected chi connectivity index (χ1v) is 29.1. The Labute approximate surface area is 381 Å². The monoisotopic (exact) mass is 844 g/mol. The number of amides is 1. The largest absolute Gasteiger partial charge is 0.370 e. The molecule has 0 aromatic carbocycles. The van der Waals surface area contributed by atoms with Crippen molar-refractivity contribution in [1.82, 2.24) is 0 Å². The summed E-state index contributed by atoms with van der Waals surface area (Å²) in [4.78, 5) is 10.7. The predicted molar refractivity (Wildman–Crippen MR) is 273 cm³/mol. The molecule has 2 heteroatoms. The average molecular weight is 845 g/mol. The fraction of sp³-hybridized carbons (Fsp3) is 0.983. The van der Waals surface area contributed by atoms with Crippen LogP contribution < -0.4 is 5.73 Å². The van der Waals surface area contributed by atoms with Crippen LogP contribution in [-0.2, 0) is 4.79 Å². The second kappa shape index (κ2) is 56.5. The van der Waals surface area contributed by atoms with Crippen LogP contribution in [-0.4, -0.2) is 5.91 Å². The number of rotatable bonds is 56. The Hall–Kier alpha value is -0.530. The number of unbranched alkanes of at least 4 members (excludes halogenated alkanes) is 54. The van der Waals surface area contributed by atoms with Crippen molar-refractivity contribution < 1.29 is 4.79 Å². The van der Waals surface area contributed by atoms with E-state index in [-0.39, 0.29) is 5.91 Å². The van der Waals surface area contributed by atoms with Crippen molar-refractivity contribution in [2.45, 2.75) is 366 Å². The molecule has 0 aliphatic carbocycles. The molecule has 2 N–H and O–H groups in total. The lowest BCUT2D eigenvalue weighted by atomic mass is 10.0. The molecule has 0 radical (unpaired) electrons. The number of carbonyl (C=O) groups is 1. The zero-order valence-electron chi connectivity index (χ0n) is 42.1. The van der Waals surface area contributed by atoms with Gasteiger partial charge in [-0.15, -0.1) is 0 Å². The molecule has 0 heterocycles. The van der Waals surface area contributed by atoms with E-state index in [1.807, 2.05) is 0 Å². The minimum absolute atomic E-state index is 0.146. The first kappa shape index (κ1) is 59.5. The summed E-state index contributed by atoms with van der Waals surface area (Å²) in [6, 6.07) is 0. The maximum absolute atomic E-state index is 10.7. The maximum atomic E-state index is 10.7. The van der Waals surface area contributed by atoms with E-state index >= 15 is 0 Å². The summed E-state index contributed by atoms with van der Waals surface area (Å²) in [7, 11) is 0. The molecular formula is C58H117NO. The van der Waals surface area contributed by atoms with E-state index in [4.69, 9.17) is 5.73 Å². The lowest BCUT2D eigenvalue weighted by Crippen LogP contribution is -2.09. The van der Waals surface area contributed by atoms with Crippen LogP contribution in [0.1, 0.15) is 366 Å². The van der Waals surface area contributed by atoms with Crippen molar-refractivity contribution in [2.75, 3.05) is 0 Å². The van der Waals surface area contributed by atoms with Crippen LogP contribution in [0.15, 0.2) is 0 Å². The van der Waals surface area contributed by atoms with Crippen molar-refractivity contribution in [1.29, 1.82) is 0 Å². The van der Waals surface area contributed by atoms with Crippen molar-refractivity contribution in [3.63, 3.8) is 0 Å². The molecule has 0 aliphatic rings. The Kier molecular flexibility index (Phi) is 56.0. The first-order valence-electron chi connectivity index (χ1n) is 29.1. The quantitative estimate of drug-likeness (QED) is 0.0609. The van der Waals surface area contributed by atoms with Crippen molar-refractivity contribution in [3.8, 4) is 0 Å². The van der Waals surface area contributed by atoms with Gasteiger partial charge in [-0.2, -0.15) is 0 Å². The van der Waals surface area contributed by atoms with Crippen LogP contribution in [0.25, 0.3) is 0 Å². The Morgan fingerprint density at radius 3 is 0.400 bits per heavy atom. The van der Waals surface area contributed by atoms with E-state index in [9.17, 15) is 4.79 Å². The SMILES string of the molecule is CCCCCCCCCCCCCCCCCCCCCCCCCCCCCCCCCCCCCCCCCCCCCCCCCCCCCCCCCC(N)=O. The maximum Gasteiger partial charge on any atom is 0.217 e. The average Bonchev–Trinajstić information content (AvgIpc) is 3.25. The molecular weight excluding hydrogens is 727 g/mol. The zero-order valence-corrected chi connectivity index (χ0v) is 42.1. The van der Waals surface area contributed by atoms with Gasteiger partial charge in [-0.1, -0.05) is 354 Å². The molecule has 0 saturated heterocycles. The highest BCUT2D eigenvalue weighted by Gasteiger charge is 2.00. The van der Waals surface area contributed by atoms with E-state index in [1.54, 1.807) is 0 Å². The van der Waals surface area contributed by atoms with E-state index in [1.165, 1.54) is 347 Å². The Morgan fingerprint density at radius 2 is 0.300 bits per heavy atom. The van der Waals surface area contributed by atoms with E-state index < -0.39 is 0 Å². The molecule has 0 rings (SSSR count). The number of primary amides is 1. The van der Waals surface area contributed by atoms with Crippen molar-refractivity contribution >= 4 is 5.91 Å². The molecule has 0 saturated carbocycles. The molecule has 0 spiro atoms. The van der Waals surface area contributed by atoms with Gasteiger partial charge in [0, 0.05) is 6.42 Å². The van der Waals surface area contributed by atoms with E-state index in [0.29, 0.717) is 6.42 Å². The molecule has 0 aromatic heterocycles. The predicted octanol–water partition coefficient (Wildman–Crippen LogP) is 21.3. The fourth-order valence-corrected chi connectivity index (χ4v) is 9.74. The number of hydrogen-bond acceptors (Lipinski definition) is 1. The van der Waals surface area contributed by atoms with Gasteiger partial charge < -0.3 is 5.73 Å². The van der Waals surface area contributed by atoms with Crippen LogP contribution in [0.4, 0.5) is 0 Å². The molecule has 0 aromatic rings. The topological polar surface area (TPSA) is 43.1 Å². The first-order chi connectivity index (χ1) is 29.8. The molecule has 0 fully saturated rings. The minimum atomic E-state index is -0.146. The Balaban J connectivity index is 3.06. The van der Waals surface area contributed by atoms with Gasteiger partial charge in [0.25, 0.3) is 0 Å². The van der Waals surface area contributed by atoms with Gasteiger partial charge in [0.2, 0.25) is 5.91 Å². The second-order valence-electron chi connectivity index (χ2n) is 20.3. The summed E-state index contributed by atoms with van der Waals surface area (Å²) in [6.07, 6.45) is 80.6. The van der Waals surface area contributed by atoms with Gasteiger partial charge in [0.15, 0.2) is 0 Å². The van der Waals surface area contributed by atoms with Gasteiger partial charge in [0.05, 0.1) is 0 Å². The van der Waals surface area contributed by atoms with Gasteiger partial charge in [0.1, 0.15) is 0 Å². The summed E-state index contributed by atoms with van der Waals surface area (Å²) < 4.78 is 0. The van der Waals surface area contributed by atoms with E-state index in [0.717, 1.165) is 6.42 Å².